The molecule has 104 valence electrons. The van der Waals surface area contributed by atoms with Crippen molar-refractivity contribution >= 4 is 6.09 Å². The van der Waals surface area contributed by atoms with Crippen LogP contribution in [-0.4, -0.2) is 46.1 Å². The number of hydrogen-bond donors (Lipinski definition) is 1. The van der Waals surface area contributed by atoms with Crippen LogP contribution in [0.5, 0.6) is 0 Å². The van der Waals surface area contributed by atoms with Crippen LogP contribution in [0.4, 0.5) is 9.18 Å². The fourth-order valence-electron chi connectivity index (χ4n) is 2.97. The van der Waals surface area contributed by atoms with Crippen LogP contribution < -0.4 is 0 Å². The molecule has 2 fully saturated rings. The summed E-state index contributed by atoms with van der Waals surface area (Å²) in [4.78, 5) is 13.8. The molecule has 0 spiro atoms. The maximum absolute atomic E-state index is 13.5. The maximum Gasteiger partial charge on any atom is 0.410 e. The molecule has 0 aliphatic carbocycles. The molecule has 2 saturated heterocycles. The molecular weight excluding hydrogens is 237 g/mol. The van der Waals surface area contributed by atoms with E-state index in [2.05, 4.69) is 0 Å². The SMILES string of the molecule is CC(C)(C)OC(=O)N1[C@@H]2C[C@H](O)C[C@H]1C[C@H](F)C2. The molecule has 0 saturated carbocycles. The summed E-state index contributed by atoms with van der Waals surface area (Å²) in [5, 5.41) is 9.73. The van der Waals surface area contributed by atoms with Gasteiger partial charge in [-0.25, -0.2) is 9.18 Å². The van der Waals surface area contributed by atoms with E-state index >= 15 is 0 Å². The fraction of sp³-hybridized carbons (Fsp3) is 0.923. The van der Waals surface area contributed by atoms with E-state index < -0.39 is 17.9 Å². The number of hydrogen-bond acceptors (Lipinski definition) is 3. The van der Waals surface area contributed by atoms with Crippen molar-refractivity contribution in [2.75, 3.05) is 0 Å². The molecule has 18 heavy (non-hydrogen) atoms. The second-order valence-corrected chi connectivity index (χ2v) is 6.39. The van der Waals surface area contributed by atoms with Gasteiger partial charge in [0.15, 0.2) is 0 Å². The highest BCUT2D eigenvalue weighted by molar-refractivity contribution is 5.69. The molecule has 0 aromatic carbocycles. The van der Waals surface area contributed by atoms with Crippen molar-refractivity contribution < 1.29 is 19.0 Å². The van der Waals surface area contributed by atoms with Gasteiger partial charge >= 0.3 is 6.09 Å². The summed E-state index contributed by atoms with van der Waals surface area (Å²) in [6.45, 7) is 5.45. The molecule has 5 heteroatoms. The predicted octanol–water partition coefficient (Wildman–Crippen LogP) is 2.25. The molecule has 2 bridgehead atoms. The number of carbonyl (C=O) groups is 1. The Bertz CT molecular complexity index is 299. The Morgan fingerprint density at radius 1 is 1.22 bits per heavy atom. The van der Waals surface area contributed by atoms with Gasteiger partial charge in [0.1, 0.15) is 11.8 Å². The molecule has 2 aliphatic rings. The zero-order valence-electron chi connectivity index (χ0n) is 11.2. The summed E-state index contributed by atoms with van der Waals surface area (Å²) in [5.74, 6) is 0. The van der Waals surface area contributed by atoms with Crippen molar-refractivity contribution in [1.82, 2.24) is 4.90 Å². The summed E-state index contributed by atoms with van der Waals surface area (Å²) >= 11 is 0. The van der Waals surface area contributed by atoms with Crippen LogP contribution in [0.3, 0.4) is 0 Å². The quantitative estimate of drug-likeness (QED) is 0.726. The molecule has 1 N–H and O–H groups in total. The lowest BCUT2D eigenvalue weighted by Crippen LogP contribution is -2.59. The Hall–Kier alpha value is -0.840. The number of carbonyl (C=O) groups excluding carboxylic acids is 1. The van der Waals surface area contributed by atoms with Gasteiger partial charge in [0.25, 0.3) is 0 Å². The van der Waals surface area contributed by atoms with Gasteiger partial charge in [0, 0.05) is 12.1 Å². The maximum atomic E-state index is 13.5. The third kappa shape index (κ3) is 2.94. The molecular formula is C13H22FNO3. The fourth-order valence-corrected chi connectivity index (χ4v) is 2.97. The highest BCUT2D eigenvalue weighted by Gasteiger charge is 2.45. The van der Waals surface area contributed by atoms with E-state index in [9.17, 15) is 14.3 Å². The van der Waals surface area contributed by atoms with Crippen molar-refractivity contribution in [3.8, 4) is 0 Å². The largest absolute Gasteiger partial charge is 0.444 e. The van der Waals surface area contributed by atoms with Crippen LogP contribution in [-0.2, 0) is 4.74 Å². The molecule has 4 nitrogen and oxygen atoms in total. The van der Waals surface area contributed by atoms with Gasteiger partial charge in [-0.15, -0.1) is 0 Å². The Labute approximate surface area is 107 Å². The summed E-state index contributed by atoms with van der Waals surface area (Å²) in [6, 6.07) is -0.449. The standard InChI is InChI=1S/C13H22FNO3/c1-13(2,3)18-12(17)15-9-4-8(14)5-10(15)7-11(16)6-9/h8-11,16H,4-7H2,1-3H3/t8-,9+,10-,11+. The second-order valence-electron chi connectivity index (χ2n) is 6.39. The van der Waals surface area contributed by atoms with Gasteiger partial charge in [-0.3, -0.25) is 0 Å². The van der Waals surface area contributed by atoms with E-state index in [4.69, 9.17) is 4.74 Å². The van der Waals surface area contributed by atoms with Gasteiger partial charge in [0.05, 0.1) is 6.10 Å². The summed E-state index contributed by atoms with van der Waals surface area (Å²) in [6.07, 6.45) is -0.139. The van der Waals surface area contributed by atoms with Crippen LogP contribution in [0.25, 0.3) is 0 Å². The van der Waals surface area contributed by atoms with Crippen molar-refractivity contribution in [2.24, 2.45) is 0 Å². The third-order valence-electron chi connectivity index (χ3n) is 3.54. The zero-order valence-corrected chi connectivity index (χ0v) is 11.2. The highest BCUT2D eigenvalue weighted by atomic mass is 19.1. The average Bonchev–Trinajstić information content (AvgIpc) is 2.11. The van der Waals surface area contributed by atoms with Crippen LogP contribution in [0, 0.1) is 0 Å². The van der Waals surface area contributed by atoms with Crippen LogP contribution in [0.1, 0.15) is 46.5 Å². The highest BCUT2D eigenvalue weighted by Crippen LogP contribution is 2.36. The van der Waals surface area contributed by atoms with Crippen LogP contribution in [0.15, 0.2) is 0 Å². The minimum atomic E-state index is -0.869. The molecule has 2 rings (SSSR count). The average molecular weight is 259 g/mol. The van der Waals surface area contributed by atoms with Crippen molar-refractivity contribution in [1.29, 1.82) is 0 Å². The van der Waals surface area contributed by atoms with Crippen LogP contribution >= 0.6 is 0 Å². The topological polar surface area (TPSA) is 49.8 Å². The first-order valence-corrected chi connectivity index (χ1v) is 6.59. The smallest absolute Gasteiger partial charge is 0.410 e. The van der Waals surface area contributed by atoms with E-state index in [1.807, 2.05) is 20.8 Å². The van der Waals surface area contributed by atoms with Crippen LogP contribution in [0.2, 0.25) is 0 Å². The van der Waals surface area contributed by atoms with Crippen molar-refractivity contribution in [3.63, 3.8) is 0 Å². The van der Waals surface area contributed by atoms with Gasteiger partial charge in [0.2, 0.25) is 0 Å². The van der Waals surface area contributed by atoms with Gasteiger partial charge in [-0.05, 0) is 46.5 Å². The first kappa shape index (κ1) is 13.6. The zero-order chi connectivity index (χ0) is 13.5. The lowest BCUT2D eigenvalue weighted by Gasteiger charge is -2.48. The Morgan fingerprint density at radius 3 is 2.17 bits per heavy atom. The normalized spacial score (nSPS) is 36.4. The first-order chi connectivity index (χ1) is 8.26. The van der Waals surface area contributed by atoms with E-state index in [0.29, 0.717) is 25.7 Å². The monoisotopic (exact) mass is 259 g/mol. The number of piperidine rings is 2. The van der Waals surface area contributed by atoms with Crippen molar-refractivity contribution in [3.05, 3.63) is 0 Å². The van der Waals surface area contributed by atoms with Crippen molar-refractivity contribution in [2.45, 2.75) is 76.4 Å². The molecule has 2 heterocycles. The number of halogens is 1. The number of aliphatic hydroxyl groups is 1. The molecule has 0 aromatic heterocycles. The number of aliphatic hydroxyl groups excluding tert-OH is 1. The molecule has 2 aliphatic heterocycles. The van der Waals surface area contributed by atoms with E-state index in [-0.39, 0.29) is 18.2 Å². The predicted molar refractivity (Wildman–Crippen MR) is 65.0 cm³/mol. The number of rotatable bonds is 0. The van der Waals surface area contributed by atoms with E-state index in [1.165, 1.54) is 0 Å². The molecule has 0 aromatic rings. The molecule has 4 atom stereocenters. The number of alkyl halides is 1. The van der Waals surface area contributed by atoms with Gasteiger partial charge in [-0.2, -0.15) is 0 Å². The summed E-state index contributed by atoms with van der Waals surface area (Å²) < 4.78 is 18.9. The second kappa shape index (κ2) is 4.68. The summed E-state index contributed by atoms with van der Waals surface area (Å²) in [7, 11) is 0. The van der Waals surface area contributed by atoms with E-state index in [1.54, 1.807) is 4.90 Å². The number of amides is 1. The lowest BCUT2D eigenvalue weighted by atomic mass is 9.82. The van der Waals surface area contributed by atoms with Gasteiger partial charge in [-0.1, -0.05) is 0 Å². The Morgan fingerprint density at radius 2 is 1.72 bits per heavy atom. The Balaban J connectivity index is 2.10. The van der Waals surface area contributed by atoms with Gasteiger partial charge < -0.3 is 14.7 Å². The Kier molecular flexibility index (Phi) is 3.54. The molecule has 0 radical (unpaired) electrons. The molecule has 1 amide bonds. The third-order valence-corrected chi connectivity index (χ3v) is 3.54. The number of nitrogens with zero attached hydrogens (tertiary/aromatic N) is 1. The minimum absolute atomic E-state index is 0.225. The number of ether oxygens (including phenoxy) is 1. The summed E-state index contributed by atoms with van der Waals surface area (Å²) in [5.41, 5.74) is -0.545. The minimum Gasteiger partial charge on any atom is -0.444 e. The molecule has 0 unspecified atom stereocenters. The van der Waals surface area contributed by atoms with E-state index in [0.717, 1.165) is 0 Å². The number of fused-ring (bicyclic) bond motifs is 2. The lowest BCUT2D eigenvalue weighted by molar-refractivity contribution is -0.0599. The first-order valence-electron chi connectivity index (χ1n) is 6.59.